The highest BCUT2D eigenvalue weighted by molar-refractivity contribution is 7.27. The molecule has 0 spiro atoms. The van der Waals surface area contributed by atoms with Gasteiger partial charge in [0, 0.05) is 72.8 Å². The molecule has 50 heavy (non-hydrogen) atoms. The molecular formula is C44H23N3OS2. The minimum atomic E-state index is 0.585. The molecule has 0 unspecified atom stereocenters. The third kappa shape index (κ3) is 3.44. The van der Waals surface area contributed by atoms with E-state index in [-0.39, 0.29) is 0 Å². The Morgan fingerprint density at radius 2 is 1.08 bits per heavy atom. The van der Waals surface area contributed by atoms with Crippen molar-refractivity contribution in [3.05, 3.63) is 140 Å². The summed E-state index contributed by atoms with van der Waals surface area (Å²) in [5, 5.41) is 11.8. The van der Waals surface area contributed by atoms with Gasteiger partial charge in [-0.2, -0.15) is 4.98 Å². The highest BCUT2D eigenvalue weighted by Crippen LogP contribution is 2.49. The summed E-state index contributed by atoms with van der Waals surface area (Å²) in [6.45, 7) is 0. The fraction of sp³-hybridized carbons (Fsp3) is 0. The maximum Gasteiger partial charge on any atom is 0.238 e. The highest BCUT2D eigenvalue weighted by Gasteiger charge is 2.25. The standard InChI is InChI=1S/C44H23N3OS2/c1-2-14-27-25(13-1)40-36(37-30-17-6-10-23-35(30)50-42(27)37)28-15-3-7-20-32(28)47(40)44-45-39(38-29-16-4-8-21-33(29)48-43(38)46-44)31-19-11-18-26-24-12-5-9-22-34(24)49-41(26)31/h1-23H. The summed E-state index contributed by atoms with van der Waals surface area (Å²) >= 11 is 3.69. The van der Waals surface area contributed by atoms with Gasteiger partial charge in [-0.05, 0) is 24.3 Å². The lowest BCUT2D eigenvalue weighted by atomic mass is 10.00. The van der Waals surface area contributed by atoms with Crippen LogP contribution in [-0.2, 0) is 0 Å². The Balaban J connectivity index is 1.29. The molecule has 0 aliphatic heterocycles. The van der Waals surface area contributed by atoms with Crippen molar-refractivity contribution < 1.29 is 4.42 Å². The van der Waals surface area contributed by atoms with Crippen LogP contribution >= 0.6 is 22.7 Å². The van der Waals surface area contributed by atoms with E-state index < -0.39 is 0 Å². The Hall–Kier alpha value is -6.08. The number of benzene rings is 7. The van der Waals surface area contributed by atoms with Crippen LogP contribution in [0.3, 0.4) is 0 Å². The van der Waals surface area contributed by atoms with Crippen molar-refractivity contribution in [2.24, 2.45) is 0 Å². The van der Waals surface area contributed by atoms with E-state index in [1.54, 1.807) is 0 Å². The first-order chi connectivity index (χ1) is 24.8. The molecule has 0 radical (unpaired) electrons. The van der Waals surface area contributed by atoms with Gasteiger partial charge in [-0.3, -0.25) is 4.57 Å². The van der Waals surface area contributed by atoms with Gasteiger partial charge in [0.15, 0.2) is 0 Å². The van der Waals surface area contributed by atoms with Crippen molar-refractivity contribution in [2.45, 2.75) is 0 Å². The van der Waals surface area contributed by atoms with E-state index in [4.69, 9.17) is 14.4 Å². The normalized spacial score (nSPS) is 12.4. The summed E-state index contributed by atoms with van der Waals surface area (Å²) in [7, 11) is 0. The molecule has 0 aliphatic carbocycles. The number of hydrogen-bond donors (Lipinski definition) is 0. The number of fused-ring (bicyclic) bond motifs is 16. The molecule has 0 bridgehead atoms. The average Bonchev–Trinajstić information content (AvgIpc) is 3.93. The summed E-state index contributed by atoms with van der Waals surface area (Å²) < 4.78 is 13.9. The van der Waals surface area contributed by atoms with Crippen molar-refractivity contribution >= 4 is 118 Å². The number of nitrogens with zero attached hydrogens (tertiary/aromatic N) is 3. The maximum absolute atomic E-state index is 6.59. The second-order valence-corrected chi connectivity index (χ2v) is 15.0. The Kier molecular flexibility index (Phi) is 5.23. The minimum absolute atomic E-state index is 0.585. The van der Waals surface area contributed by atoms with Gasteiger partial charge in [0.1, 0.15) is 5.58 Å². The Morgan fingerprint density at radius 1 is 0.460 bits per heavy atom. The molecule has 0 atom stereocenters. The van der Waals surface area contributed by atoms with E-state index in [9.17, 15) is 0 Å². The molecule has 4 nitrogen and oxygen atoms in total. The molecule has 0 N–H and O–H groups in total. The number of para-hydroxylation sites is 2. The molecule has 0 aliphatic rings. The van der Waals surface area contributed by atoms with Crippen molar-refractivity contribution in [3.8, 4) is 17.2 Å². The van der Waals surface area contributed by atoms with Crippen LogP contribution in [-0.4, -0.2) is 14.5 Å². The lowest BCUT2D eigenvalue weighted by Gasteiger charge is -2.12. The second kappa shape index (κ2) is 9.76. The lowest BCUT2D eigenvalue weighted by molar-refractivity contribution is 0.651. The first-order valence-corrected chi connectivity index (χ1v) is 18.3. The molecule has 0 saturated heterocycles. The average molecular weight is 674 g/mol. The summed E-state index contributed by atoms with van der Waals surface area (Å²) in [4.78, 5) is 10.9. The van der Waals surface area contributed by atoms with Gasteiger partial charge in [0.25, 0.3) is 0 Å². The topological polar surface area (TPSA) is 43.9 Å². The summed E-state index contributed by atoms with van der Waals surface area (Å²) in [6, 6.07) is 49.7. The van der Waals surface area contributed by atoms with Crippen molar-refractivity contribution in [2.75, 3.05) is 0 Å². The molecule has 12 aromatic rings. The molecule has 0 amide bonds. The molecule has 0 fully saturated rings. The van der Waals surface area contributed by atoms with E-state index in [1.807, 2.05) is 34.8 Å². The van der Waals surface area contributed by atoms with Crippen molar-refractivity contribution in [3.63, 3.8) is 0 Å². The van der Waals surface area contributed by atoms with Gasteiger partial charge < -0.3 is 4.42 Å². The zero-order chi connectivity index (χ0) is 32.5. The van der Waals surface area contributed by atoms with Gasteiger partial charge in [-0.1, -0.05) is 115 Å². The van der Waals surface area contributed by atoms with Crippen LogP contribution in [0, 0.1) is 0 Å². The van der Waals surface area contributed by atoms with E-state index in [0.29, 0.717) is 11.7 Å². The summed E-state index contributed by atoms with van der Waals surface area (Å²) in [5.74, 6) is 0.597. The van der Waals surface area contributed by atoms with Gasteiger partial charge in [-0.15, -0.1) is 22.7 Å². The molecular weight excluding hydrogens is 651 g/mol. The monoisotopic (exact) mass is 673 g/mol. The van der Waals surface area contributed by atoms with Gasteiger partial charge >= 0.3 is 0 Å². The van der Waals surface area contributed by atoms with E-state index in [0.717, 1.165) is 38.6 Å². The third-order valence-electron chi connectivity index (χ3n) is 10.2. The molecule has 5 aromatic heterocycles. The Bertz CT molecular complexity index is 3400. The lowest BCUT2D eigenvalue weighted by Crippen LogP contribution is -2.03. The fourth-order valence-corrected chi connectivity index (χ4v) is 10.6. The molecule has 0 saturated carbocycles. The highest BCUT2D eigenvalue weighted by atomic mass is 32.1. The van der Waals surface area contributed by atoms with Crippen LogP contribution in [0.5, 0.6) is 0 Å². The zero-order valence-electron chi connectivity index (χ0n) is 26.3. The number of furan rings is 1. The van der Waals surface area contributed by atoms with E-state index >= 15 is 0 Å². The molecule has 5 heterocycles. The van der Waals surface area contributed by atoms with Crippen LogP contribution in [0.15, 0.2) is 144 Å². The maximum atomic E-state index is 6.59. The predicted molar refractivity (Wildman–Crippen MR) is 212 cm³/mol. The second-order valence-electron chi connectivity index (χ2n) is 12.9. The zero-order valence-corrected chi connectivity index (χ0v) is 28.0. The van der Waals surface area contributed by atoms with Crippen LogP contribution < -0.4 is 0 Å². The van der Waals surface area contributed by atoms with E-state index in [2.05, 4.69) is 132 Å². The molecule has 7 aromatic carbocycles. The predicted octanol–water partition coefficient (Wildman–Crippen LogP) is 13.0. The largest absolute Gasteiger partial charge is 0.437 e. The number of aromatic nitrogens is 3. The fourth-order valence-electron chi connectivity index (χ4n) is 8.17. The number of rotatable bonds is 2. The van der Waals surface area contributed by atoms with Crippen LogP contribution in [0.1, 0.15) is 0 Å². The minimum Gasteiger partial charge on any atom is -0.437 e. The Morgan fingerprint density at radius 3 is 1.94 bits per heavy atom. The van der Waals surface area contributed by atoms with Crippen LogP contribution in [0.2, 0.25) is 0 Å². The summed E-state index contributed by atoms with van der Waals surface area (Å²) in [5.41, 5.74) is 5.53. The van der Waals surface area contributed by atoms with Crippen LogP contribution in [0.4, 0.5) is 0 Å². The van der Waals surface area contributed by atoms with Gasteiger partial charge in [0.05, 0.1) is 22.1 Å². The van der Waals surface area contributed by atoms with Crippen molar-refractivity contribution in [1.29, 1.82) is 0 Å². The van der Waals surface area contributed by atoms with Crippen molar-refractivity contribution in [1.82, 2.24) is 14.5 Å². The smallest absolute Gasteiger partial charge is 0.238 e. The number of thiophene rings is 2. The first-order valence-electron chi connectivity index (χ1n) is 16.7. The molecule has 6 heteroatoms. The quantitative estimate of drug-likeness (QED) is 0.183. The number of hydrogen-bond acceptors (Lipinski definition) is 5. The molecule has 232 valence electrons. The van der Waals surface area contributed by atoms with Crippen LogP contribution in [0.25, 0.3) is 112 Å². The summed E-state index contributed by atoms with van der Waals surface area (Å²) in [6.07, 6.45) is 0. The van der Waals surface area contributed by atoms with Gasteiger partial charge in [0.2, 0.25) is 11.7 Å². The first kappa shape index (κ1) is 26.8. The SMILES string of the molecule is c1ccc2c(c1)oc1nc(-n3c4ccccc4c4c5c6ccccc6sc5c5ccccc5c43)nc(-c3cccc4c3sc3ccccc34)c12. The Labute approximate surface area is 292 Å². The third-order valence-corrected chi connectivity index (χ3v) is 12.7. The molecule has 12 rings (SSSR count). The van der Waals surface area contributed by atoms with E-state index in [1.165, 1.54) is 61.9 Å². The van der Waals surface area contributed by atoms with Gasteiger partial charge in [-0.25, -0.2) is 4.98 Å².